The second-order valence-electron chi connectivity index (χ2n) is 26.3. The van der Waals surface area contributed by atoms with Gasteiger partial charge >= 0.3 is 5.97 Å². The molecule has 0 aromatic heterocycles. The van der Waals surface area contributed by atoms with Gasteiger partial charge in [0.15, 0.2) is 37.6 Å². The average molecular weight is 1300 g/mol. The molecule has 0 aromatic carbocycles. The Morgan fingerprint density at radius 1 is 0.393 bits per heavy atom. The van der Waals surface area contributed by atoms with Crippen LogP contribution in [0.25, 0.3) is 0 Å². The third kappa shape index (κ3) is 13.6. The molecule has 9 rings (SSSR count). The standard InChI is InChI=1S/C55H92O34/c1-52(77)9-5-26-53(2)7-4-8-54(3,51(76)89-50-44(88-48-40(75)36(71)30(65)22(14-59)82-48)42(32(67)24(16-61)84-50)86-46-38(73)34(69)28(63)20(12-57)80-46)25(53)6-10-55(26,17-52)18-78-49-43(87-47-39(74)35(70)29(64)21(13-58)81-47)41(31(66)23(15-60)83-49)85-45-37(72)33(68)27(62)19(11-56)79-45/h19-50,56-75,77H,4-18H2,1-3H3. The van der Waals surface area contributed by atoms with Gasteiger partial charge in [-0.1, -0.05) is 13.3 Å². The van der Waals surface area contributed by atoms with Gasteiger partial charge in [0.05, 0.1) is 57.3 Å². The molecule has 3 aliphatic carbocycles. The van der Waals surface area contributed by atoms with E-state index in [-0.39, 0.29) is 38.7 Å². The van der Waals surface area contributed by atoms with Crippen molar-refractivity contribution in [1.82, 2.24) is 0 Å². The van der Waals surface area contributed by atoms with Gasteiger partial charge in [-0.25, -0.2) is 0 Å². The number of aliphatic hydroxyl groups excluding tert-OH is 20. The van der Waals surface area contributed by atoms with Crippen molar-refractivity contribution in [3.8, 4) is 0 Å². The fourth-order valence-electron chi connectivity index (χ4n) is 15.6. The van der Waals surface area contributed by atoms with Crippen LogP contribution < -0.4 is 0 Å². The maximum absolute atomic E-state index is 15.4. The van der Waals surface area contributed by atoms with Crippen molar-refractivity contribution >= 4 is 5.97 Å². The zero-order valence-corrected chi connectivity index (χ0v) is 49.3. The average Bonchev–Trinajstić information content (AvgIpc) is 1.34. The minimum atomic E-state index is -2.11. The van der Waals surface area contributed by atoms with E-state index in [2.05, 4.69) is 0 Å². The van der Waals surface area contributed by atoms with Gasteiger partial charge in [-0.3, -0.25) is 4.79 Å². The molecule has 0 bridgehead atoms. The van der Waals surface area contributed by atoms with Gasteiger partial charge in [-0.05, 0) is 81.5 Å². The monoisotopic (exact) mass is 1300 g/mol. The summed E-state index contributed by atoms with van der Waals surface area (Å²) in [6.07, 6.45) is -54.5. The molecular formula is C55H92O34. The SMILES string of the molecule is CC1(O)CCC2C(COC3OC(CO)C(O)C(OC4OC(CO)C(O)C(O)C4O)C3OC3OC(CO)C(O)C(O)C3O)(CCC3C(C)(C(=O)OC4OC(CO)C(O)C(OC5OC(CO)C(O)C(O)C5O)C4OC4OC(CO)C(O)C(O)C4O)CCCC23C)C1. The van der Waals surface area contributed by atoms with Crippen LogP contribution in [0.3, 0.4) is 0 Å². The second-order valence-corrected chi connectivity index (χ2v) is 26.3. The summed E-state index contributed by atoms with van der Waals surface area (Å²) in [5, 5.41) is 227. The number of hydrogen-bond donors (Lipinski definition) is 21. The van der Waals surface area contributed by atoms with E-state index in [1.807, 2.05) is 6.92 Å². The van der Waals surface area contributed by atoms with Crippen molar-refractivity contribution in [1.29, 1.82) is 0 Å². The molecule has 34 heteroatoms. The molecule has 36 atom stereocenters. The Bertz CT molecular complexity index is 2290. The van der Waals surface area contributed by atoms with E-state index >= 15 is 4.79 Å². The summed E-state index contributed by atoms with van der Waals surface area (Å²) in [7, 11) is 0. The maximum Gasteiger partial charge on any atom is 0.314 e. The third-order valence-electron chi connectivity index (χ3n) is 20.5. The van der Waals surface area contributed by atoms with Crippen molar-refractivity contribution in [2.45, 2.75) is 262 Å². The molecule has 0 amide bonds. The third-order valence-corrected chi connectivity index (χ3v) is 20.5. The van der Waals surface area contributed by atoms with Crippen molar-refractivity contribution < 1.29 is 169 Å². The number of fused-ring (bicyclic) bond motifs is 3. The first kappa shape index (κ1) is 71.5. The summed E-state index contributed by atoms with van der Waals surface area (Å²) < 4.78 is 72.2. The molecule has 6 heterocycles. The van der Waals surface area contributed by atoms with Crippen LogP contribution in [0.4, 0.5) is 0 Å². The number of carbonyl (C=O) groups excluding carboxylic acids is 1. The zero-order chi connectivity index (χ0) is 65.1. The lowest BCUT2D eigenvalue weighted by molar-refractivity contribution is -0.394. The van der Waals surface area contributed by atoms with E-state index in [1.54, 1.807) is 13.8 Å². The molecule has 6 aliphatic heterocycles. The minimum Gasteiger partial charge on any atom is -0.432 e. The molecular weight excluding hydrogens is 1200 g/mol. The summed E-state index contributed by atoms with van der Waals surface area (Å²) in [6.45, 7) is -0.509. The van der Waals surface area contributed by atoms with E-state index in [1.165, 1.54) is 0 Å². The summed E-state index contributed by atoms with van der Waals surface area (Å²) in [6, 6.07) is 0. The van der Waals surface area contributed by atoms with Crippen LogP contribution in [0, 0.1) is 28.1 Å². The summed E-state index contributed by atoms with van der Waals surface area (Å²) >= 11 is 0. The van der Waals surface area contributed by atoms with E-state index < -0.39 is 264 Å². The van der Waals surface area contributed by atoms with Gasteiger partial charge in [0.2, 0.25) is 6.29 Å². The second kappa shape index (κ2) is 28.5. The molecule has 9 aliphatic rings. The highest BCUT2D eigenvalue weighted by molar-refractivity contribution is 5.77. The highest BCUT2D eigenvalue weighted by Crippen LogP contribution is 2.69. The first-order valence-corrected chi connectivity index (χ1v) is 30.3. The van der Waals surface area contributed by atoms with Gasteiger partial charge in [0.1, 0.15) is 140 Å². The van der Waals surface area contributed by atoms with Gasteiger partial charge in [-0.2, -0.15) is 0 Å². The highest BCUT2D eigenvalue weighted by atomic mass is 16.8. The van der Waals surface area contributed by atoms with Crippen molar-refractivity contribution in [3.05, 3.63) is 0 Å². The van der Waals surface area contributed by atoms with Crippen LogP contribution in [0.1, 0.15) is 72.1 Å². The Morgan fingerprint density at radius 2 is 0.730 bits per heavy atom. The molecule has 3 saturated carbocycles. The van der Waals surface area contributed by atoms with E-state index in [0.29, 0.717) is 19.3 Å². The number of aliphatic hydroxyl groups is 21. The van der Waals surface area contributed by atoms with Gasteiger partial charge in [-0.15, -0.1) is 0 Å². The predicted molar refractivity (Wildman–Crippen MR) is 283 cm³/mol. The molecule has 89 heavy (non-hydrogen) atoms. The van der Waals surface area contributed by atoms with E-state index in [9.17, 15) is 107 Å². The van der Waals surface area contributed by atoms with Gasteiger partial charge in [0, 0.05) is 0 Å². The molecule has 34 nitrogen and oxygen atoms in total. The zero-order valence-electron chi connectivity index (χ0n) is 49.3. The highest BCUT2D eigenvalue weighted by Gasteiger charge is 2.67. The number of esters is 1. The fraction of sp³-hybridized carbons (Fsp3) is 0.982. The lowest BCUT2D eigenvalue weighted by atomic mass is 9.40. The molecule has 0 radical (unpaired) electrons. The lowest BCUT2D eigenvalue weighted by Gasteiger charge is -2.65. The molecule has 21 N–H and O–H groups in total. The Balaban J connectivity index is 1.02. The molecule has 516 valence electrons. The van der Waals surface area contributed by atoms with Crippen LogP contribution in [-0.2, 0) is 61.6 Å². The van der Waals surface area contributed by atoms with Crippen molar-refractivity contribution in [3.63, 3.8) is 0 Å². The largest absolute Gasteiger partial charge is 0.432 e. The fourth-order valence-corrected chi connectivity index (χ4v) is 15.6. The van der Waals surface area contributed by atoms with Crippen LogP contribution in [0.15, 0.2) is 0 Å². The topological polar surface area (TPSA) is 553 Å². The first-order valence-electron chi connectivity index (χ1n) is 30.3. The van der Waals surface area contributed by atoms with Crippen LogP contribution in [-0.4, -0.2) is 349 Å². The predicted octanol–water partition coefficient (Wildman–Crippen LogP) is -10.4. The minimum absolute atomic E-state index is 0.0730. The van der Waals surface area contributed by atoms with E-state index in [0.717, 1.165) is 0 Å². The Hall–Kier alpha value is -1.81. The number of carbonyl (C=O) groups is 1. The molecule has 0 spiro atoms. The van der Waals surface area contributed by atoms with Crippen LogP contribution in [0.5, 0.6) is 0 Å². The Kier molecular flexibility index (Phi) is 22.9. The van der Waals surface area contributed by atoms with Crippen molar-refractivity contribution in [2.24, 2.45) is 28.1 Å². The van der Waals surface area contributed by atoms with Crippen LogP contribution in [0.2, 0.25) is 0 Å². The smallest absolute Gasteiger partial charge is 0.314 e. The van der Waals surface area contributed by atoms with E-state index in [4.69, 9.17) is 56.8 Å². The number of rotatable bonds is 19. The van der Waals surface area contributed by atoms with Crippen molar-refractivity contribution in [2.75, 3.05) is 46.2 Å². The van der Waals surface area contributed by atoms with Gasteiger partial charge in [0.25, 0.3) is 0 Å². The summed E-state index contributed by atoms with van der Waals surface area (Å²) in [5.41, 5.74) is -4.68. The number of hydrogen-bond acceptors (Lipinski definition) is 34. The number of ether oxygens (including phenoxy) is 12. The van der Waals surface area contributed by atoms with Gasteiger partial charge < -0.3 is 164 Å². The normalized spacial score (nSPS) is 54.0. The summed E-state index contributed by atoms with van der Waals surface area (Å²) in [5.74, 6) is -1.94. The molecule has 9 fully saturated rings. The quantitative estimate of drug-likeness (QED) is 0.0534. The lowest BCUT2D eigenvalue weighted by Crippen LogP contribution is -2.68. The first-order chi connectivity index (χ1) is 42.0. The summed E-state index contributed by atoms with van der Waals surface area (Å²) in [4.78, 5) is 15.4. The maximum atomic E-state index is 15.4. The Morgan fingerprint density at radius 3 is 1.12 bits per heavy atom. The molecule has 0 aromatic rings. The molecule has 6 saturated heterocycles. The van der Waals surface area contributed by atoms with Crippen LogP contribution >= 0.6 is 0 Å². The Labute approximate surface area is 510 Å². The molecule has 36 unspecified atom stereocenters.